The summed E-state index contributed by atoms with van der Waals surface area (Å²) in [7, 11) is -4.55. The van der Waals surface area contributed by atoms with E-state index in [2.05, 4.69) is 4.98 Å². The van der Waals surface area contributed by atoms with E-state index in [1.165, 1.54) is 30.3 Å². The van der Waals surface area contributed by atoms with Gasteiger partial charge in [0, 0.05) is 44.7 Å². The largest absolute Gasteiger partial charge is 0.417 e. The van der Waals surface area contributed by atoms with Gasteiger partial charge in [-0.3, -0.25) is 9.78 Å². The van der Waals surface area contributed by atoms with E-state index in [1.807, 2.05) is 0 Å². The van der Waals surface area contributed by atoms with Crippen molar-refractivity contribution in [3.8, 4) is 22.3 Å². The summed E-state index contributed by atoms with van der Waals surface area (Å²) in [6, 6.07) is 7.54. The number of hydrogen-bond donors (Lipinski definition) is 2. The van der Waals surface area contributed by atoms with Gasteiger partial charge in [0.05, 0.1) is 16.9 Å². The molecule has 0 fully saturated rings. The Kier molecular flexibility index (Phi) is 6.52. The van der Waals surface area contributed by atoms with Crippen molar-refractivity contribution in [2.75, 3.05) is 0 Å². The van der Waals surface area contributed by atoms with Crippen molar-refractivity contribution >= 4 is 39.1 Å². The lowest BCUT2D eigenvalue weighted by molar-refractivity contribution is -0.137. The van der Waals surface area contributed by atoms with Crippen LogP contribution in [0.2, 0.25) is 10.0 Å². The van der Waals surface area contributed by atoms with Crippen LogP contribution in [0.15, 0.2) is 53.7 Å². The Morgan fingerprint density at radius 2 is 1.69 bits per heavy atom. The molecule has 4 N–H and O–H groups in total. The van der Waals surface area contributed by atoms with Gasteiger partial charge in [-0.2, -0.15) is 13.2 Å². The Morgan fingerprint density at radius 1 is 1.03 bits per heavy atom. The number of pyridine rings is 1. The number of rotatable bonds is 5. The minimum atomic E-state index is -4.71. The number of primary amides is 1. The van der Waals surface area contributed by atoms with E-state index in [4.69, 9.17) is 34.1 Å². The second kappa shape index (κ2) is 8.70. The fourth-order valence-electron chi connectivity index (χ4n) is 3.21. The first-order valence-electron chi connectivity index (χ1n) is 8.74. The van der Waals surface area contributed by atoms with Crippen LogP contribution in [0.25, 0.3) is 22.3 Å². The molecule has 0 spiro atoms. The van der Waals surface area contributed by atoms with Crippen molar-refractivity contribution in [1.29, 1.82) is 0 Å². The molecule has 168 valence electrons. The minimum absolute atomic E-state index is 0.0347. The molecule has 32 heavy (non-hydrogen) atoms. The van der Waals surface area contributed by atoms with E-state index in [0.29, 0.717) is 6.20 Å². The highest BCUT2D eigenvalue weighted by Crippen LogP contribution is 2.42. The topological polar surface area (TPSA) is 116 Å². The van der Waals surface area contributed by atoms with Gasteiger partial charge in [-0.05, 0) is 23.8 Å². The van der Waals surface area contributed by atoms with Crippen LogP contribution in [-0.4, -0.2) is 19.3 Å². The SMILES string of the molecule is NC(=O)Cc1ccc(-c2cncc(C(F)(F)F)c2)c(S(N)(=O)=O)c1-c1ccc(Cl)cc1Cl. The maximum Gasteiger partial charge on any atom is 0.417 e. The number of halogens is 5. The first kappa shape index (κ1) is 24.0. The van der Waals surface area contributed by atoms with Gasteiger partial charge in [0.15, 0.2) is 0 Å². The van der Waals surface area contributed by atoms with Crippen molar-refractivity contribution in [2.45, 2.75) is 17.5 Å². The molecule has 0 saturated heterocycles. The van der Waals surface area contributed by atoms with Gasteiger partial charge >= 0.3 is 6.18 Å². The molecule has 2 aromatic carbocycles. The number of hydrogen-bond acceptors (Lipinski definition) is 4. The number of amides is 1. The van der Waals surface area contributed by atoms with Gasteiger partial charge < -0.3 is 5.73 Å². The van der Waals surface area contributed by atoms with E-state index in [-0.39, 0.29) is 44.3 Å². The van der Waals surface area contributed by atoms with Crippen LogP contribution in [0.1, 0.15) is 11.1 Å². The van der Waals surface area contributed by atoms with Gasteiger partial charge in [-0.15, -0.1) is 0 Å². The minimum Gasteiger partial charge on any atom is -0.369 e. The molecule has 3 aromatic rings. The molecular weight excluding hydrogens is 490 g/mol. The summed E-state index contributed by atoms with van der Waals surface area (Å²) in [6.07, 6.45) is -3.41. The summed E-state index contributed by atoms with van der Waals surface area (Å²) in [5, 5.41) is 5.77. The maximum atomic E-state index is 13.2. The molecule has 12 heteroatoms. The number of alkyl halides is 3. The van der Waals surface area contributed by atoms with Gasteiger partial charge in [0.25, 0.3) is 0 Å². The second-order valence-electron chi connectivity index (χ2n) is 6.75. The summed E-state index contributed by atoms with van der Waals surface area (Å²) in [5.41, 5.74) is 4.16. The first-order valence-corrected chi connectivity index (χ1v) is 11.0. The van der Waals surface area contributed by atoms with E-state index >= 15 is 0 Å². The third kappa shape index (κ3) is 5.04. The fourth-order valence-corrected chi connectivity index (χ4v) is 4.73. The van der Waals surface area contributed by atoms with Gasteiger partial charge in [0.2, 0.25) is 15.9 Å². The molecule has 1 aromatic heterocycles. The Bertz CT molecular complexity index is 1330. The van der Waals surface area contributed by atoms with Crippen molar-refractivity contribution in [3.05, 3.63) is 70.0 Å². The van der Waals surface area contributed by atoms with E-state index in [1.54, 1.807) is 0 Å². The number of benzene rings is 2. The third-order valence-electron chi connectivity index (χ3n) is 4.47. The number of nitrogens with zero attached hydrogens (tertiary/aromatic N) is 1. The predicted octanol–water partition coefficient (Wildman–Crippen LogP) is 4.42. The third-order valence-corrected chi connectivity index (χ3v) is 6.01. The smallest absolute Gasteiger partial charge is 0.369 e. The van der Waals surface area contributed by atoms with Crippen molar-refractivity contribution < 1.29 is 26.4 Å². The summed E-state index contributed by atoms with van der Waals surface area (Å²) < 4.78 is 64.9. The van der Waals surface area contributed by atoms with Gasteiger partial charge in [-0.25, -0.2) is 13.6 Å². The average molecular weight is 504 g/mol. The van der Waals surface area contributed by atoms with Crippen molar-refractivity contribution in [2.24, 2.45) is 10.9 Å². The highest BCUT2D eigenvalue weighted by molar-refractivity contribution is 7.89. The van der Waals surface area contributed by atoms with Crippen LogP contribution in [0.3, 0.4) is 0 Å². The monoisotopic (exact) mass is 503 g/mol. The second-order valence-corrected chi connectivity index (χ2v) is 9.09. The molecule has 0 aliphatic rings. The van der Waals surface area contributed by atoms with Gasteiger partial charge in [-0.1, -0.05) is 41.4 Å². The van der Waals surface area contributed by atoms with Crippen LogP contribution in [-0.2, 0) is 27.4 Å². The standard InChI is InChI=1S/C20H14Cl2F3N3O3S/c21-13-2-4-15(16(22)7-13)18-10(6-17(26)29)1-3-14(19(18)32(27,30)31)11-5-12(9-28-8-11)20(23,24)25/h1-5,7-9H,6H2,(H2,26,29)(H2,27,30,31). The highest BCUT2D eigenvalue weighted by Gasteiger charge is 2.32. The lowest BCUT2D eigenvalue weighted by Crippen LogP contribution is -2.19. The molecule has 0 unspecified atom stereocenters. The van der Waals surface area contributed by atoms with Crippen LogP contribution >= 0.6 is 23.2 Å². The number of primary sulfonamides is 1. The summed E-state index contributed by atoms with van der Waals surface area (Å²) in [6.45, 7) is 0. The zero-order chi connectivity index (χ0) is 23.8. The molecule has 6 nitrogen and oxygen atoms in total. The van der Waals surface area contributed by atoms with E-state index in [9.17, 15) is 26.4 Å². The summed E-state index contributed by atoms with van der Waals surface area (Å²) in [5.74, 6) is -0.773. The van der Waals surface area contributed by atoms with Crippen molar-refractivity contribution in [1.82, 2.24) is 4.98 Å². The average Bonchev–Trinajstić information content (AvgIpc) is 2.66. The number of aromatic nitrogens is 1. The molecule has 0 aliphatic heterocycles. The molecule has 0 saturated carbocycles. The number of carbonyl (C=O) groups is 1. The Morgan fingerprint density at radius 3 is 2.25 bits per heavy atom. The fraction of sp³-hybridized carbons (Fsp3) is 0.100. The molecule has 0 aliphatic carbocycles. The quantitative estimate of drug-likeness (QED) is 0.535. The maximum absolute atomic E-state index is 13.2. The van der Waals surface area contributed by atoms with Crippen molar-refractivity contribution in [3.63, 3.8) is 0 Å². The molecule has 0 bridgehead atoms. The van der Waals surface area contributed by atoms with Crippen LogP contribution in [0.4, 0.5) is 13.2 Å². The number of sulfonamides is 1. The molecule has 1 heterocycles. The number of carbonyl (C=O) groups excluding carboxylic acids is 1. The lowest BCUT2D eigenvalue weighted by Gasteiger charge is -2.19. The molecule has 1 amide bonds. The normalized spacial score (nSPS) is 12.1. The Balaban J connectivity index is 2.45. The molecule has 3 rings (SSSR count). The Hall–Kier alpha value is -2.66. The lowest BCUT2D eigenvalue weighted by atomic mass is 9.92. The predicted molar refractivity (Wildman–Crippen MR) is 114 cm³/mol. The van der Waals surface area contributed by atoms with Crippen LogP contribution < -0.4 is 10.9 Å². The summed E-state index contributed by atoms with van der Waals surface area (Å²) in [4.78, 5) is 14.7. The summed E-state index contributed by atoms with van der Waals surface area (Å²) >= 11 is 12.2. The molecule has 0 atom stereocenters. The molecular formula is C20H14Cl2F3N3O3S. The van der Waals surface area contributed by atoms with Gasteiger partial charge in [0.1, 0.15) is 0 Å². The molecule has 0 radical (unpaired) electrons. The van der Waals surface area contributed by atoms with Crippen LogP contribution in [0.5, 0.6) is 0 Å². The zero-order valence-corrected chi connectivity index (χ0v) is 18.3. The Labute approximate surface area is 191 Å². The zero-order valence-electron chi connectivity index (χ0n) is 16.0. The van der Waals surface area contributed by atoms with E-state index < -0.39 is 32.6 Å². The van der Waals surface area contributed by atoms with Crippen LogP contribution in [0, 0.1) is 0 Å². The van der Waals surface area contributed by atoms with E-state index in [0.717, 1.165) is 12.3 Å². The first-order chi connectivity index (χ1) is 14.8. The number of nitrogens with two attached hydrogens (primary N) is 2. The highest BCUT2D eigenvalue weighted by atomic mass is 35.5.